The van der Waals surface area contributed by atoms with E-state index >= 15 is 0 Å². The van der Waals surface area contributed by atoms with Gasteiger partial charge in [-0.1, -0.05) is 111 Å². The number of hydrogen-bond donors (Lipinski definition) is 0. The van der Waals surface area contributed by atoms with Crippen molar-refractivity contribution in [3.05, 3.63) is 151 Å². The minimum Gasteiger partial charge on any atom is -0.309 e. The molecule has 3 aromatic heterocycles. The molecule has 0 radical (unpaired) electrons. The van der Waals surface area contributed by atoms with Crippen LogP contribution in [0, 0.1) is 0 Å². The molecular formula is C42H29N3. The van der Waals surface area contributed by atoms with Crippen molar-refractivity contribution in [2.75, 3.05) is 0 Å². The van der Waals surface area contributed by atoms with Crippen LogP contribution in [0.15, 0.2) is 140 Å². The average Bonchev–Trinajstić information content (AvgIpc) is 3.71. The molecule has 3 heterocycles. The molecule has 9 aromatic rings. The molecule has 6 aromatic carbocycles. The number of nitrogens with zero attached hydrogens (tertiary/aromatic N) is 3. The van der Waals surface area contributed by atoms with E-state index in [9.17, 15) is 0 Å². The Labute approximate surface area is 260 Å². The molecule has 0 unspecified atom stereocenters. The summed E-state index contributed by atoms with van der Waals surface area (Å²) < 4.78 is 4.84. The van der Waals surface area contributed by atoms with Crippen LogP contribution >= 0.6 is 0 Å². The molecule has 0 saturated heterocycles. The highest BCUT2D eigenvalue weighted by atomic mass is 15.0. The lowest BCUT2D eigenvalue weighted by Crippen LogP contribution is -2.16. The van der Waals surface area contributed by atoms with Crippen molar-refractivity contribution in [1.82, 2.24) is 14.0 Å². The first-order valence-electron chi connectivity index (χ1n) is 15.7. The van der Waals surface area contributed by atoms with E-state index in [0.717, 1.165) is 33.5 Å². The molecular weight excluding hydrogens is 546 g/mol. The molecule has 3 nitrogen and oxygen atoms in total. The van der Waals surface area contributed by atoms with Gasteiger partial charge in [0.2, 0.25) is 0 Å². The van der Waals surface area contributed by atoms with E-state index in [1.54, 1.807) is 0 Å². The Hall–Kier alpha value is -5.67. The highest BCUT2D eigenvalue weighted by Gasteiger charge is 2.38. The minimum atomic E-state index is -0.116. The maximum Gasteiger partial charge on any atom is 0.0950 e. The summed E-state index contributed by atoms with van der Waals surface area (Å²) >= 11 is 0. The molecule has 212 valence electrons. The summed E-state index contributed by atoms with van der Waals surface area (Å²) in [6.07, 6.45) is 0. The fourth-order valence-electron chi connectivity index (χ4n) is 8.08. The monoisotopic (exact) mass is 575 g/mol. The number of benzene rings is 6. The standard InChI is InChI=1S/C42H29N3/c1-42(2)33-14-6-4-12-29(33)31-23-24-32-30-13-5-9-17-36(30)44(41(32)39(31)42)28-21-19-26(20-22-28)40-38-25-27-11-3-8-16-35(27)45(38)37-18-10-7-15-34(37)43-40/h3-25H,1-2H3. The Bertz CT molecular complexity index is 2670. The molecule has 0 bridgehead atoms. The van der Waals surface area contributed by atoms with Crippen LogP contribution in [0.3, 0.4) is 0 Å². The van der Waals surface area contributed by atoms with Crippen molar-refractivity contribution in [2.45, 2.75) is 19.3 Å². The summed E-state index contributed by atoms with van der Waals surface area (Å²) in [7, 11) is 0. The summed E-state index contributed by atoms with van der Waals surface area (Å²) in [5.74, 6) is 0. The topological polar surface area (TPSA) is 22.2 Å². The van der Waals surface area contributed by atoms with Gasteiger partial charge < -0.3 is 8.97 Å². The fourth-order valence-corrected chi connectivity index (χ4v) is 8.08. The van der Waals surface area contributed by atoms with E-state index < -0.39 is 0 Å². The zero-order valence-electron chi connectivity index (χ0n) is 25.1. The summed E-state index contributed by atoms with van der Waals surface area (Å²) in [5, 5.41) is 3.80. The lowest BCUT2D eigenvalue weighted by atomic mass is 9.81. The van der Waals surface area contributed by atoms with Crippen molar-refractivity contribution < 1.29 is 0 Å². The molecule has 0 N–H and O–H groups in total. The van der Waals surface area contributed by atoms with Crippen LogP contribution in [0.1, 0.15) is 25.0 Å². The van der Waals surface area contributed by atoms with Gasteiger partial charge in [0.25, 0.3) is 0 Å². The lowest BCUT2D eigenvalue weighted by Gasteiger charge is -2.23. The van der Waals surface area contributed by atoms with E-state index in [1.165, 1.54) is 55.0 Å². The van der Waals surface area contributed by atoms with Gasteiger partial charge in [-0.05, 0) is 64.7 Å². The molecule has 0 saturated carbocycles. The van der Waals surface area contributed by atoms with Crippen LogP contribution in [-0.2, 0) is 5.41 Å². The molecule has 3 heteroatoms. The van der Waals surface area contributed by atoms with Crippen LogP contribution in [0.4, 0.5) is 0 Å². The van der Waals surface area contributed by atoms with Crippen LogP contribution in [0.5, 0.6) is 0 Å². The number of hydrogen-bond acceptors (Lipinski definition) is 1. The van der Waals surface area contributed by atoms with E-state index in [4.69, 9.17) is 4.98 Å². The number of para-hydroxylation sites is 4. The third-order valence-electron chi connectivity index (χ3n) is 10.1. The number of fused-ring (bicyclic) bond motifs is 12. The molecule has 1 aliphatic carbocycles. The first-order valence-corrected chi connectivity index (χ1v) is 15.7. The Morgan fingerprint density at radius 3 is 2.13 bits per heavy atom. The fraction of sp³-hybridized carbons (Fsp3) is 0.0714. The van der Waals surface area contributed by atoms with Crippen molar-refractivity contribution in [2.24, 2.45) is 0 Å². The lowest BCUT2D eigenvalue weighted by molar-refractivity contribution is 0.664. The molecule has 10 rings (SSSR count). The van der Waals surface area contributed by atoms with E-state index in [1.807, 2.05) is 0 Å². The Morgan fingerprint density at radius 2 is 1.27 bits per heavy atom. The largest absolute Gasteiger partial charge is 0.309 e. The predicted octanol–water partition coefficient (Wildman–Crippen LogP) is 10.7. The van der Waals surface area contributed by atoms with Crippen LogP contribution < -0.4 is 0 Å². The highest BCUT2D eigenvalue weighted by Crippen LogP contribution is 2.52. The Morgan fingerprint density at radius 1 is 0.556 bits per heavy atom. The zero-order chi connectivity index (χ0) is 29.9. The second-order valence-corrected chi connectivity index (χ2v) is 12.8. The summed E-state index contributed by atoms with van der Waals surface area (Å²) in [6.45, 7) is 4.75. The van der Waals surface area contributed by atoms with Gasteiger partial charge in [0.1, 0.15) is 0 Å². The smallest absolute Gasteiger partial charge is 0.0950 e. The summed E-state index contributed by atoms with van der Waals surface area (Å²) in [6, 6.07) is 50.7. The molecule has 1 aliphatic rings. The number of aromatic nitrogens is 3. The van der Waals surface area contributed by atoms with Gasteiger partial charge in [-0.25, -0.2) is 4.98 Å². The maximum atomic E-state index is 5.22. The van der Waals surface area contributed by atoms with Crippen molar-refractivity contribution in [3.63, 3.8) is 0 Å². The number of rotatable bonds is 2. The first kappa shape index (κ1) is 24.7. The third kappa shape index (κ3) is 3.22. The van der Waals surface area contributed by atoms with Gasteiger partial charge >= 0.3 is 0 Å². The molecule has 45 heavy (non-hydrogen) atoms. The maximum absolute atomic E-state index is 5.22. The minimum absolute atomic E-state index is 0.116. The van der Waals surface area contributed by atoms with Gasteiger partial charge in [0.05, 0.1) is 38.8 Å². The summed E-state index contributed by atoms with van der Waals surface area (Å²) in [4.78, 5) is 5.22. The molecule has 0 atom stereocenters. The third-order valence-corrected chi connectivity index (χ3v) is 10.1. The van der Waals surface area contributed by atoms with Crippen molar-refractivity contribution in [1.29, 1.82) is 0 Å². The molecule has 0 spiro atoms. The van der Waals surface area contributed by atoms with Gasteiger partial charge in [-0.3, -0.25) is 0 Å². The summed E-state index contributed by atoms with van der Waals surface area (Å²) in [5.41, 5.74) is 15.6. The van der Waals surface area contributed by atoms with Crippen LogP contribution in [0.2, 0.25) is 0 Å². The second-order valence-electron chi connectivity index (χ2n) is 12.8. The molecule has 0 amide bonds. The normalized spacial score (nSPS) is 13.7. The predicted molar refractivity (Wildman–Crippen MR) is 188 cm³/mol. The van der Waals surface area contributed by atoms with Crippen molar-refractivity contribution in [3.8, 4) is 28.1 Å². The van der Waals surface area contributed by atoms with Crippen LogP contribution in [-0.4, -0.2) is 14.0 Å². The Balaban J connectivity index is 1.23. The van der Waals surface area contributed by atoms with E-state index in [0.29, 0.717) is 0 Å². The average molecular weight is 576 g/mol. The van der Waals surface area contributed by atoms with Crippen molar-refractivity contribution >= 4 is 49.3 Å². The molecule has 0 fully saturated rings. The second kappa shape index (κ2) is 8.71. The van der Waals surface area contributed by atoms with Crippen LogP contribution in [0.25, 0.3) is 77.3 Å². The highest BCUT2D eigenvalue weighted by molar-refractivity contribution is 6.13. The van der Waals surface area contributed by atoms with E-state index in [2.05, 4.69) is 162 Å². The zero-order valence-corrected chi connectivity index (χ0v) is 25.1. The first-order chi connectivity index (χ1) is 22.1. The molecule has 0 aliphatic heterocycles. The Kier molecular flexibility index (Phi) is 4.79. The van der Waals surface area contributed by atoms with Gasteiger partial charge in [0, 0.05) is 32.8 Å². The van der Waals surface area contributed by atoms with Gasteiger partial charge in [0.15, 0.2) is 0 Å². The van der Waals surface area contributed by atoms with Gasteiger partial charge in [-0.2, -0.15) is 0 Å². The SMILES string of the molecule is CC1(C)c2ccccc2-c2ccc3c4ccccc4n(-c4ccc(-c5nc6ccccc6n6c5cc5ccccc56)cc4)c3c21. The van der Waals surface area contributed by atoms with E-state index in [-0.39, 0.29) is 5.41 Å². The quantitative estimate of drug-likeness (QED) is 0.201. The van der Waals surface area contributed by atoms with Gasteiger partial charge in [-0.15, -0.1) is 0 Å².